The molecule has 10 heteroatoms. The predicted octanol–water partition coefficient (Wildman–Crippen LogP) is 1.52. The van der Waals surface area contributed by atoms with Crippen molar-refractivity contribution in [2.75, 3.05) is 53.6 Å². The van der Waals surface area contributed by atoms with Crippen molar-refractivity contribution >= 4 is 10.0 Å². The quantitative estimate of drug-likeness (QED) is 0.550. The minimum absolute atomic E-state index is 0.127. The third-order valence-electron chi connectivity index (χ3n) is 5.44. The number of ether oxygens (including phenoxy) is 3. The average molecular weight is 476 g/mol. The molecule has 0 unspecified atom stereocenters. The predicted molar refractivity (Wildman–Crippen MR) is 122 cm³/mol. The maximum Gasteiger partial charge on any atom is 0.243 e. The fourth-order valence-electron chi connectivity index (χ4n) is 3.62. The minimum atomic E-state index is -3.66. The van der Waals surface area contributed by atoms with Gasteiger partial charge in [0.1, 0.15) is 18.5 Å². The number of β-amino-alcohol motifs (C(OH)–C–C–N with tert-alkyl or cyclic N) is 1. The summed E-state index contributed by atoms with van der Waals surface area (Å²) >= 11 is 0. The van der Waals surface area contributed by atoms with E-state index >= 15 is 0 Å². The van der Waals surface area contributed by atoms with Crippen LogP contribution >= 0.6 is 0 Å². The second-order valence-corrected chi connectivity index (χ2v) is 9.60. The molecule has 1 atom stereocenters. The van der Waals surface area contributed by atoms with E-state index in [9.17, 15) is 13.5 Å². The van der Waals surface area contributed by atoms with Crippen molar-refractivity contribution in [3.63, 3.8) is 0 Å². The third-order valence-corrected chi connectivity index (χ3v) is 7.34. The van der Waals surface area contributed by atoms with Crippen LogP contribution in [0.4, 0.5) is 0 Å². The van der Waals surface area contributed by atoms with Gasteiger partial charge in [0.25, 0.3) is 0 Å². The molecule has 9 nitrogen and oxygen atoms in total. The fraction of sp³-hybridized carbons (Fsp3) is 0.435. The monoisotopic (exact) mass is 475 g/mol. The van der Waals surface area contributed by atoms with E-state index in [0.29, 0.717) is 56.4 Å². The fourth-order valence-corrected chi connectivity index (χ4v) is 5.05. The zero-order valence-corrected chi connectivity index (χ0v) is 19.6. The van der Waals surface area contributed by atoms with Crippen molar-refractivity contribution in [1.29, 1.82) is 5.26 Å². The highest BCUT2D eigenvalue weighted by Crippen LogP contribution is 2.30. The highest BCUT2D eigenvalue weighted by atomic mass is 32.2. The van der Waals surface area contributed by atoms with Gasteiger partial charge in [0.15, 0.2) is 11.5 Å². The topological polar surface area (TPSA) is 112 Å². The molecule has 178 valence electrons. The standard InChI is InChI=1S/C23H29N3O6S/c1-30-22-8-7-21(15-23(22)31-2)33(28,29)26-13-11-25(12-14-26)16-19(27)17-32-20-5-3-18(4-6-20)9-10-24/h3-8,15,19,27H,9,11-14,16-17H2,1-2H3/t19-/m0/s1. The summed E-state index contributed by atoms with van der Waals surface area (Å²) in [6.07, 6.45) is -0.367. The number of benzene rings is 2. The number of sulfonamides is 1. The lowest BCUT2D eigenvalue weighted by Crippen LogP contribution is -2.50. The molecule has 2 aromatic rings. The number of hydrogen-bond acceptors (Lipinski definition) is 8. The third kappa shape index (κ3) is 6.36. The van der Waals surface area contributed by atoms with E-state index in [-0.39, 0.29) is 11.5 Å². The van der Waals surface area contributed by atoms with E-state index in [1.807, 2.05) is 17.0 Å². The van der Waals surface area contributed by atoms with Crippen LogP contribution in [-0.4, -0.2) is 82.4 Å². The maximum atomic E-state index is 13.0. The molecule has 1 N–H and O–H groups in total. The summed E-state index contributed by atoms with van der Waals surface area (Å²) < 4.78 is 43.5. The molecule has 2 aromatic carbocycles. The van der Waals surface area contributed by atoms with Gasteiger partial charge in [-0.1, -0.05) is 12.1 Å². The van der Waals surface area contributed by atoms with Gasteiger partial charge in [0.05, 0.1) is 31.6 Å². The van der Waals surface area contributed by atoms with Crippen LogP contribution in [0.1, 0.15) is 5.56 Å². The highest BCUT2D eigenvalue weighted by Gasteiger charge is 2.30. The van der Waals surface area contributed by atoms with Gasteiger partial charge in [0, 0.05) is 38.8 Å². The van der Waals surface area contributed by atoms with Crippen molar-refractivity contribution < 1.29 is 27.7 Å². The molecule has 0 spiro atoms. The van der Waals surface area contributed by atoms with Crippen LogP contribution in [0.15, 0.2) is 47.4 Å². The van der Waals surface area contributed by atoms with Crippen LogP contribution < -0.4 is 14.2 Å². The van der Waals surface area contributed by atoms with Crippen molar-refractivity contribution in [3.8, 4) is 23.3 Å². The first kappa shape index (κ1) is 24.8. The Balaban J connectivity index is 1.49. The summed E-state index contributed by atoms with van der Waals surface area (Å²) in [6.45, 7) is 2.17. The van der Waals surface area contributed by atoms with Crippen LogP contribution in [0.25, 0.3) is 0 Å². The second-order valence-electron chi connectivity index (χ2n) is 7.67. The Bertz CT molecular complexity index is 1060. The molecule has 1 aliphatic rings. The maximum absolute atomic E-state index is 13.0. The first-order valence-electron chi connectivity index (χ1n) is 10.6. The number of aliphatic hydroxyl groups excluding tert-OH is 1. The van der Waals surface area contributed by atoms with E-state index in [1.165, 1.54) is 30.7 Å². The van der Waals surface area contributed by atoms with E-state index < -0.39 is 16.1 Å². The van der Waals surface area contributed by atoms with Crippen molar-refractivity contribution in [3.05, 3.63) is 48.0 Å². The van der Waals surface area contributed by atoms with Crippen LogP contribution in [-0.2, 0) is 16.4 Å². The summed E-state index contributed by atoms with van der Waals surface area (Å²) in [7, 11) is -0.700. The molecule has 0 aromatic heterocycles. The molecule has 1 fully saturated rings. The number of nitriles is 1. The van der Waals surface area contributed by atoms with Crippen LogP contribution in [0.2, 0.25) is 0 Å². The zero-order chi connectivity index (χ0) is 23.8. The number of rotatable bonds is 10. The molecule has 0 saturated carbocycles. The smallest absolute Gasteiger partial charge is 0.243 e. The average Bonchev–Trinajstić information content (AvgIpc) is 2.83. The molecule has 1 heterocycles. The first-order chi connectivity index (χ1) is 15.9. The Labute approximate surface area is 194 Å². The molecule has 3 rings (SSSR count). The Morgan fingerprint density at radius 1 is 1.03 bits per heavy atom. The normalized spacial score (nSPS) is 16.1. The molecule has 1 aliphatic heterocycles. The molecule has 0 amide bonds. The van der Waals surface area contributed by atoms with E-state index in [2.05, 4.69) is 6.07 Å². The lowest BCUT2D eigenvalue weighted by atomic mass is 10.2. The van der Waals surface area contributed by atoms with Gasteiger partial charge >= 0.3 is 0 Å². The lowest BCUT2D eigenvalue weighted by molar-refractivity contribution is 0.0569. The van der Waals surface area contributed by atoms with Crippen molar-refractivity contribution in [2.45, 2.75) is 17.4 Å². The minimum Gasteiger partial charge on any atom is -0.493 e. The Hall–Kier alpha value is -2.84. The van der Waals surface area contributed by atoms with Crippen LogP contribution in [0.3, 0.4) is 0 Å². The summed E-state index contributed by atoms with van der Waals surface area (Å²) in [4.78, 5) is 2.17. The number of hydrogen-bond donors (Lipinski definition) is 1. The molecule has 0 radical (unpaired) electrons. The number of methoxy groups -OCH3 is 2. The summed E-state index contributed by atoms with van der Waals surface area (Å²) in [5, 5.41) is 19.1. The van der Waals surface area contributed by atoms with Gasteiger partial charge < -0.3 is 19.3 Å². The largest absolute Gasteiger partial charge is 0.493 e. The SMILES string of the molecule is COc1ccc(S(=O)(=O)N2CCN(C[C@H](O)COc3ccc(CC#N)cc3)CC2)cc1OC. The molecule has 33 heavy (non-hydrogen) atoms. The van der Waals surface area contributed by atoms with Gasteiger partial charge in [0.2, 0.25) is 10.0 Å². The lowest BCUT2D eigenvalue weighted by Gasteiger charge is -2.34. The number of nitrogens with zero attached hydrogens (tertiary/aromatic N) is 3. The Morgan fingerprint density at radius 3 is 2.30 bits per heavy atom. The molecule has 1 saturated heterocycles. The zero-order valence-electron chi connectivity index (χ0n) is 18.8. The Kier molecular flexibility index (Phi) is 8.52. The summed E-state index contributed by atoms with van der Waals surface area (Å²) in [5.74, 6) is 1.46. The molecule has 0 bridgehead atoms. The van der Waals surface area contributed by atoms with Crippen molar-refractivity contribution in [2.24, 2.45) is 0 Å². The van der Waals surface area contributed by atoms with Crippen LogP contribution in [0.5, 0.6) is 17.2 Å². The van der Waals surface area contributed by atoms with Gasteiger partial charge in [-0.15, -0.1) is 0 Å². The van der Waals surface area contributed by atoms with Gasteiger partial charge in [-0.2, -0.15) is 9.57 Å². The van der Waals surface area contributed by atoms with E-state index in [4.69, 9.17) is 19.5 Å². The van der Waals surface area contributed by atoms with Gasteiger partial charge in [-0.3, -0.25) is 4.90 Å². The number of piperazine rings is 1. The molecular formula is C23H29N3O6S. The van der Waals surface area contributed by atoms with E-state index in [0.717, 1.165) is 5.56 Å². The molecule has 0 aliphatic carbocycles. The second kappa shape index (κ2) is 11.3. The van der Waals surface area contributed by atoms with E-state index in [1.54, 1.807) is 18.2 Å². The summed E-state index contributed by atoms with van der Waals surface area (Å²) in [5.41, 5.74) is 0.909. The van der Waals surface area contributed by atoms with Gasteiger partial charge in [-0.25, -0.2) is 8.42 Å². The molecular weight excluding hydrogens is 446 g/mol. The number of aliphatic hydroxyl groups is 1. The van der Waals surface area contributed by atoms with Gasteiger partial charge in [-0.05, 0) is 29.8 Å². The summed E-state index contributed by atoms with van der Waals surface area (Å²) in [6, 6.07) is 13.8. The highest BCUT2D eigenvalue weighted by molar-refractivity contribution is 7.89. The van der Waals surface area contributed by atoms with Crippen LogP contribution in [0, 0.1) is 11.3 Å². The van der Waals surface area contributed by atoms with Crippen molar-refractivity contribution in [1.82, 2.24) is 9.21 Å². The Morgan fingerprint density at radius 2 is 1.70 bits per heavy atom. The first-order valence-corrected chi connectivity index (χ1v) is 12.0.